The van der Waals surface area contributed by atoms with Crippen molar-refractivity contribution in [3.8, 4) is 0 Å². The molecule has 0 saturated carbocycles. The number of rotatable bonds is 3. The van der Waals surface area contributed by atoms with Gasteiger partial charge in [0, 0.05) is 26.6 Å². The van der Waals surface area contributed by atoms with Gasteiger partial charge in [-0.3, -0.25) is 39.9 Å². The Kier molecular flexibility index (Phi) is 5.59. The standard InChI is InChI=1S/C22H27N5O6/c1-11(28)33-27-8-7-23-10-22(27,21(2,3)4)13-6-5-12-15(19(31)26-18(12)30)16(13)17-20(32)25-14(29)9-24-17/h5-6,17,23-24H,7-10H2,1-4H3,(H,25,29,32)(H,26,30,31). The molecular formula is C22H27N5O6. The van der Waals surface area contributed by atoms with Crippen LogP contribution in [-0.4, -0.2) is 60.8 Å². The highest BCUT2D eigenvalue weighted by atomic mass is 16.7. The predicted molar refractivity (Wildman–Crippen MR) is 115 cm³/mol. The average molecular weight is 457 g/mol. The van der Waals surface area contributed by atoms with Gasteiger partial charge in [-0.1, -0.05) is 26.8 Å². The second-order valence-electron chi connectivity index (χ2n) is 9.43. The van der Waals surface area contributed by atoms with Crippen molar-refractivity contribution >= 4 is 29.6 Å². The van der Waals surface area contributed by atoms with E-state index in [1.54, 1.807) is 17.2 Å². The maximum absolute atomic E-state index is 12.9. The zero-order valence-electron chi connectivity index (χ0n) is 19.0. The third kappa shape index (κ3) is 3.62. The number of hydrogen-bond donors (Lipinski definition) is 4. The van der Waals surface area contributed by atoms with E-state index in [1.165, 1.54) is 6.92 Å². The zero-order chi connectivity index (χ0) is 24.1. The summed E-state index contributed by atoms with van der Waals surface area (Å²) >= 11 is 0. The minimum atomic E-state index is -1.07. The molecule has 176 valence electrons. The fraction of sp³-hybridized carbons (Fsp3) is 0.500. The molecular weight excluding hydrogens is 430 g/mol. The maximum Gasteiger partial charge on any atom is 0.322 e. The third-order valence-electron chi connectivity index (χ3n) is 6.45. The number of benzene rings is 1. The molecule has 2 atom stereocenters. The van der Waals surface area contributed by atoms with Gasteiger partial charge < -0.3 is 10.2 Å². The minimum Gasteiger partial charge on any atom is -0.367 e. The van der Waals surface area contributed by atoms with Crippen LogP contribution in [-0.2, 0) is 24.8 Å². The summed E-state index contributed by atoms with van der Waals surface area (Å²) in [5.41, 5.74) is -0.505. The van der Waals surface area contributed by atoms with Crippen LogP contribution in [0.15, 0.2) is 12.1 Å². The molecule has 4 rings (SSSR count). The van der Waals surface area contributed by atoms with Crippen LogP contribution in [0.3, 0.4) is 0 Å². The van der Waals surface area contributed by atoms with Crippen molar-refractivity contribution in [3.63, 3.8) is 0 Å². The van der Waals surface area contributed by atoms with Crippen LogP contribution in [0.25, 0.3) is 0 Å². The van der Waals surface area contributed by atoms with Gasteiger partial charge in [-0.25, -0.2) is 0 Å². The van der Waals surface area contributed by atoms with Gasteiger partial charge in [-0.2, -0.15) is 0 Å². The van der Waals surface area contributed by atoms with Crippen molar-refractivity contribution in [2.75, 3.05) is 26.2 Å². The van der Waals surface area contributed by atoms with Crippen molar-refractivity contribution < 1.29 is 28.8 Å². The molecule has 0 spiro atoms. The van der Waals surface area contributed by atoms with Gasteiger partial charge in [0.2, 0.25) is 11.8 Å². The first kappa shape index (κ1) is 23.0. The number of fused-ring (bicyclic) bond motifs is 1. The van der Waals surface area contributed by atoms with E-state index in [0.717, 1.165) is 0 Å². The molecule has 4 amide bonds. The molecule has 0 bridgehead atoms. The first-order valence-electron chi connectivity index (χ1n) is 10.7. The van der Waals surface area contributed by atoms with Crippen LogP contribution in [0.1, 0.15) is 65.6 Å². The number of nitrogens with one attached hydrogen (secondary N) is 4. The van der Waals surface area contributed by atoms with E-state index in [4.69, 9.17) is 4.84 Å². The Balaban J connectivity index is 2.03. The Morgan fingerprint density at radius 3 is 2.48 bits per heavy atom. The molecule has 3 heterocycles. The normalized spacial score (nSPS) is 26.0. The molecule has 2 unspecified atom stereocenters. The zero-order valence-corrected chi connectivity index (χ0v) is 19.0. The molecule has 0 aliphatic carbocycles. The largest absolute Gasteiger partial charge is 0.367 e. The number of carbonyl (C=O) groups excluding carboxylic acids is 5. The Labute approximate surface area is 190 Å². The average Bonchev–Trinajstić information content (AvgIpc) is 3.01. The highest BCUT2D eigenvalue weighted by Crippen LogP contribution is 2.49. The highest BCUT2D eigenvalue weighted by Gasteiger charge is 2.54. The molecule has 11 heteroatoms. The molecule has 2 saturated heterocycles. The van der Waals surface area contributed by atoms with Crippen molar-refractivity contribution in [2.24, 2.45) is 5.41 Å². The molecule has 2 fully saturated rings. The summed E-state index contributed by atoms with van der Waals surface area (Å²) in [6.45, 7) is 8.35. The number of carbonyl (C=O) groups is 5. The summed E-state index contributed by atoms with van der Waals surface area (Å²) in [5, 5.41) is 12.4. The van der Waals surface area contributed by atoms with Gasteiger partial charge in [0.05, 0.1) is 23.2 Å². The molecule has 11 nitrogen and oxygen atoms in total. The summed E-state index contributed by atoms with van der Waals surface area (Å²) in [4.78, 5) is 67.7. The fourth-order valence-electron chi connectivity index (χ4n) is 5.00. The second kappa shape index (κ2) is 8.01. The van der Waals surface area contributed by atoms with Crippen LogP contribution in [0, 0.1) is 5.41 Å². The van der Waals surface area contributed by atoms with Crippen LogP contribution >= 0.6 is 0 Å². The van der Waals surface area contributed by atoms with Gasteiger partial charge in [-0.15, -0.1) is 5.06 Å². The van der Waals surface area contributed by atoms with Gasteiger partial charge >= 0.3 is 5.97 Å². The third-order valence-corrected chi connectivity index (χ3v) is 6.45. The van der Waals surface area contributed by atoms with Gasteiger partial charge in [0.1, 0.15) is 6.04 Å². The van der Waals surface area contributed by atoms with Crippen LogP contribution < -0.4 is 21.3 Å². The van der Waals surface area contributed by atoms with Crippen molar-refractivity contribution in [3.05, 3.63) is 34.4 Å². The van der Waals surface area contributed by atoms with E-state index in [0.29, 0.717) is 25.2 Å². The number of hydroxylamine groups is 2. The van der Waals surface area contributed by atoms with Crippen molar-refractivity contribution in [1.82, 2.24) is 26.3 Å². The minimum absolute atomic E-state index is 0.0801. The van der Waals surface area contributed by atoms with E-state index >= 15 is 0 Å². The maximum atomic E-state index is 12.9. The smallest absolute Gasteiger partial charge is 0.322 e. The lowest BCUT2D eigenvalue weighted by Gasteiger charge is -2.54. The van der Waals surface area contributed by atoms with E-state index < -0.39 is 46.6 Å². The summed E-state index contributed by atoms with van der Waals surface area (Å²) < 4.78 is 0. The lowest BCUT2D eigenvalue weighted by molar-refractivity contribution is -0.250. The van der Waals surface area contributed by atoms with E-state index in [9.17, 15) is 24.0 Å². The first-order valence-corrected chi connectivity index (χ1v) is 10.7. The molecule has 0 radical (unpaired) electrons. The van der Waals surface area contributed by atoms with Gasteiger partial charge in [-0.05, 0) is 22.6 Å². The number of amides is 4. The number of hydrogen-bond acceptors (Lipinski definition) is 9. The molecule has 1 aromatic rings. The summed E-state index contributed by atoms with van der Waals surface area (Å²) in [6.07, 6.45) is 0. The van der Waals surface area contributed by atoms with Crippen LogP contribution in [0.5, 0.6) is 0 Å². The van der Waals surface area contributed by atoms with E-state index in [-0.39, 0.29) is 23.2 Å². The summed E-state index contributed by atoms with van der Waals surface area (Å²) in [6, 6.07) is 2.19. The SMILES string of the molecule is CC(=O)ON1CCNCC1(c1ccc2c(c1C1NCC(=O)NC1=O)C(=O)NC2=O)C(C)(C)C. The number of imide groups is 2. The predicted octanol–water partition coefficient (Wildman–Crippen LogP) is -0.518. The number of nitrogens with zero attached hydrogens (tertiary/aromatic N) is 1. The molecule has 3 aliphatic rings. The van der Waals surface area contributed by atoms with Gasteiger partial charge in [0.15, 0.2) is 0 Å². The van der Waals surface area contributed by atoms with E-state index in [1.807, 2.05) is 20.8 Å². The lowest BCUT2D eigenvalue weighted by Crippen LogP contribution is -2.65. The van der Waals surface area contributed by atoms with Crippen molar-refractivity contribution in [2.45, 2.75) is 39.3 Å². The Hall–Kier alpha value is -3.15. The quantitative estimate of drug-likeness (QED) is 0.441. The van der Waals surface area contributed by atoms with Crippen LogP contribution in [0.2, 0.25) is 0 Å². The number of piperazine rings is 2. The Morgan fingerprint density at radius 1 is 1.12 bits per heavy atom. The molecule has 4 N–H and O–H groups in total. The second-order valence-corrected chi connectivity index (χ2v) is 9.43. The van der Waals surface area contributed by atoms with Crippen molar-refractivity contribution in [1.29, 1.82) is 0 Å². The summed E-state index contributed by atoms with van der Waals surface area (Å²) in [5.74, 6) is -2.79. The molecule has 3 aliphatic heterocycles. The lowest BCUT2D eigenvalue weighted by atomic mass is 9.65. The molecule has 0 aromatic heterocycles. The monoisotopic (exact) mass is 457 g/mol. The van der Waals surface area contributed by atoms with E-state index in [2.05, 4.69) is 21.3 Å². The highest BCUT2D eigenvalue weighted by molar-refractivity contribution is 6.23. The fourth-order valence-corrected chi connectivity index (χ4v) is 5.00. The Morgan fingerprint density at radius 2 is 1.85 bits per heavy atom. The van der Waals surface area contributed by atoms with Gasteiger partial charge in [0.25, 0.3) is 11.8 Å². The summed E-state index contributed by atoms with van der Waals surface area (Å²) in [7, 11) is 0. The molecule has 33 heavy (non-hydrogen) atoms. The topological polar surface area (TPSA) is 146 Å². The van der Waals surface area contributed by atoms with Crippen LogP contribution in [0.4, 0.5) is 0 Å². The Bertz CT molecular complexity index is 1080. The first-order chi connectivity index (χ1) is 15.5. The molecule has 1 aromatic carbocycles.